The third-order valence-corrected chi connectivity index (χ3v) is 4.77. The van der Waals surface area contributed by atoms with Crippen LogP contribution in [0.4, 0.5) is 4.39 Å². The van der Waals surface area contributed by atoms with Crippen molar-refractivity contribution < 1.29 is 13.7 Å². The average Bonchev–Trinajstić information content (AvgIpc) is 3.19. The molecule has 0 bridgehead atoms. The van der Waals surface area contributed by atoms with E-state index in [1.165, 1.54) is 6.07 Å². The fraction of sp³-hybridized carbons (Fsp3) is 0.476. The number of hydrogen-bond donors (Lipinski definition) is 3. The summed E-state index contributed by atoms with van der Waals surface area (Å²) >= 11 is 0. The van der Waals surface area contributed by atoms with Crippen molar-refractivity contribution in [2.24, 2.45) is 4.99 Å². The molecule has 0 fully saturated rings. The number of aliphatic imine (C=N–C) groups is 1. The zero-order chi connectivity index (χ0) is 21.2. The molecule has 3 N–H and O–H groups in total. The molecule has 1 amide bonds. The number of guanidine groups is 1. The van der Waals surface area contributed by atoms with Crippen LogP contribution >= 0.6 is 0 Å². The molecule has 0 unspecified atom stereocenters. The smallest absolute Gasteiger partial charge is 0.251 e. The number of aromatic nitrogens is 1. The van der Waals surface area contributed by atoms with E-state index in [0.717, 1.165) is 24.3 Å². The summed E-state index contributed by atoms with van der Waals surface area (Å²) in [5, 5.41) is 13.2. The molecule has 0 atom stereocenters. The van der Waals surface area contributed by atoms with Gasteiger partial charge in [-0.25, -0.2) is 4.39 Å². The summed E-state index contributed by atoms with van der Waals surface area (Å²) in [6, 6.07) is 6.41. The van der Waals surface area contributed by atoms with Crippen molar-refractivity contribution in [2.45, 2.75) is 46.1 Å². The van der Waals surface area contributed by atoms with Crippen LogP contribution in [0, 0.1) is 12.7 Å². The third kappa shape index (κ3) is 6.58. The quantitative estimate of drug-likeness (QED) is 0.340. The molecule has 0 aliphatic rings. The second-order valence-corrected chi connectivity index (χ2v) is 6.80. The first-order valence-electron chi connectivity index (χ1n) is 9.92. The molecule has 29 heavy (non-hydrogen) atoms. The Bertz CT molecular complexity index is 830. The minimum Gasteiger partial charge on any atom is -0.359 e. The standard InChI is InChI=1S/C21H30FN5O2/c1-5-15(6-2)19-12-17(29-27-19)13-26-21(23-4)25-10-9-24-20(28)16-8-7-14(3)18(22)11-16/h7-8,11-12,15H,5-6,9-10,13H2,1-4H3,(H,24,28)(H2,23,25,26). The highest BCUT2D eigenvalue weighted by Gasteiger charge is 2.13. The third-order valence-electron chi connectivity index (χ3n) is 4.77. The Labute approximate surface area is 171 Å². The normalized spacial score (nSPS) is 11.6. The first kappa shape index (κ1) is 22.4. The van der Waals surface area contributed by atoms with Crippen LogP contribution in [0.3, 0.4) is 0 Å². The summed E-state index contributed by atoms with van der Waals surface area (Å²) < 4.78 is 18.9. The maximum absolute atomic E-state index is 13.6. The van der Waals surface area contributed by atoms with Gasteiger partial charge in [-0.1, -0.05) is 25.1 Å². The summed E-state index contributed by atoms with van der Waals surface area (Å²) in [5.74, 6) is 1.03. The number of carbonyl (C=O) groups excluding carboxylic acids is 1. The summed E-state index contributed by atoms with van der Waals surface area (Å²) in [7, 11) is 1.67. The van der Waals surface area contributed by atoms with Crippen molar-refractivity contribution in [1.29, 1.82) is 0 Å². The van der Waals surface area contributed by atoms with E-state index in [2.05, 4.69) is 39.9 Å². The summed E-state index contributed by atoms with van der Waals surface area (Å²) in [6.45, 7) is 7.24. The van der Waals surface area contributed by atoms with Crippen molar-refractivity contribution >= 4 is 11.9 Å². The van der Waals surface area contributed by atoms with Crippen LogP contribution in [0.25, 0.3) is 0 Å². The Kier molecular flexibility index (Phi) is 8.64. The van der Waals surface area contributed by atoms with Gasteiger partial charge in [0, 0.05) is 37.7 Å². The molecule has 1 aromatic carbocycles. The number of benzene rings is 1. The Morgan fingerprint density at radius 1 is 1.17 bits per heavy atom. The van der Waals surface area contributed by atoms with Crippen molar-refractivity contribution in [1.82, 2.24) is 21.1 Å². The Morgan fingerprint density at radius 3 is 2.55 bits per heavy atom. The molecular weight excluding hydrogens is 373 g/mol. The highest BCUT2D eigenvalue weighted by Crippen LogP contribution is 2.22. The number of amides is 1. The van der Waals surface area contributed by atoms with Gasteiger partial charge in [-0.3, -0.25) is 9.79 Å². The number of hydrogen-bond acceptors (Lipinski definition) is 4. The fourth-order valence-corrected chi connectivity index (χ4v) is 2.90. The second-order valence-electron chi connectivity index (χ2n) is 6.80. The van der Waals surface area contributed by atoms with Gasteiger partial charge in [0.1, 0.15) is 5.82 Å². The van der Waals surface area contributed by atoms with E-state index >= 15 is 0 Å². The molecule has 8 heteroatoms. The van der Waals surface area contributed by atoms with Crippen molar-refractivity contribution in [3.63, 3.8) is 0 Å². The molecule has 7 nitrogen and oxygen atoms in total. The number of halogens is 1. The maximum Gasteiger partial charge on any atom is 0.251 e. The number of nitrogens with one attached hydrogen (secondary N) is 3. The van der Waals surface area contributed by atoms with Crippen LogP contribution in [-0.4, -0.2) is 37.2 Å². The van der Waals surface area contributed by atoms with Gasteiger partial charge in [0.05, 0.1) is 12.2 Å². The zero-order valence-corrected chi connectivity index (χ0v) is 17.5. The first-order valence-corrected chi connectivity index (χ1v) is 9.92. The second kappa shape index (κ2) is 11.2. The molecule has 2 rings (SSSR count). The Morgan fingerprint density at radius 2 is 1.90 bits per heavy atom. The SMILES string of the molecule is CCC(CC)c1cc(CNC(=NC)NCCNC(=O)c2ccc(C)c(F)c2)on1. The molecular formula is C21H30FN5O2. The van der Waals surface area contributed by atoms with Crippen LogP contribution in [0.15, 0.2) is 33.8 Å². The van der Waals surface area contributed by atoms with Gasteiger partial charge in [-0.2, -0.15) is 0 Å². The number of aryl methyl sites for hydroxylation is 1. The summed E-state index contributed by atoms with van der Waals surface area (Å²) in [6.07, 6.45) is 2.06. The molecule has 1 heterocycles. The molecule has 0 aliphatic heterocycles. The van der Waals surface area contributed by atoms with E-state index in [0.29, 0.717) is 42.6 Å². The van der Waals surface area contributed by atoms with E-state index in [-0.39, 0.29) is 11.7 Å². The molecule has 0 spiro atoms. The lowest BCUT2D eigenvalue weighted by molar-refractivity contribution is 0.0954. The van der Waals surface area contributed by atoms with Gasteiger partial charge in [0.2, 0.25) is 0 Å². The lowest BCUT2D eigenvalue weighted by Crippen LogP contribution is -2.41. The summed E-state index contributed by atoms with van der Waals surface area (Å²) in [4.78, 5) is 16.2. The predicted molar refractivity (Wildman–Crippen MR) is 111 cm³/mol. The van der Waals surface area contributed by atoms with Crippen LogP contribution in [-0.2, 0) is 6.54 Å². The van der Waals surface area contributed by atoms with Crippen LogP contribution in [0.5, 0.6) is 0 Å². The predicted octanol–water partition coefficient (Wildman–Crippen LogP) is 3.12. The van der Waals surface area contributed by atoms with Gasteiger partial charge < -0.3 is 20.5 Å². The number of rotatable bonds is 9. The van der Waals surface area contributed by atoms with E-state index in [9.17, 15) is 9.18 Å². The van der Waals surface area contributed by atoms with Crippen molar-refractivity contribution in [3.8, 4) is 0 Å². The Hall–Kier alpha value is -2.90. The topological polar surface area (TPSA) is 91.6 Å². The zero-order valence-electron chi connectivity index (χ0n) is 17.5. The van der Waals surface area contributed by atoms with Gasteiger partial charge in [-0.15, -0.1) is 0 Å². The molecule has 2 aromatic rings. The molecule has 158 valence electrons. The van der Waals surface area contributed by atoms with E-state index in [1.807, 2.05) is 6.07 Å². The van der Waals surface area contributed by atoms with Gasteiger partial charge >= 0.3 is 0 Å². The number of nitrogens with zero attached hydrogens (tertiary/aromatic N) is 2. The van der Waals surface area contributed by atoms with Crippen LogP contribution in [0.1, 0.15) is 60.0 Å². The van der Waals surface area contributed by atoms with Crippen LogP contribution < -0.4 is 16.0 Å². The lowest BCUT2D eigenvalue weighted by Gasteiger charge is -2.11. The van der Waals surface area contributed by atoms with Crippen LogP contribution in [0.2, 0.25) is 0 Å². The van der Waals surface area contributed by atoms with Gasteiger partial charge in [0.15, 0.2) is 11.7 Å². The molecule has 0 saturated heterocycles. The van der Waals surface area contributed by atoms with E-state index in [4.69, 9.17) is 4.52 Å². The minimum absolute atomic E-state index is 0.300. The fourth-order valence-electron chi connectivity index (χ4n) is 2.90. The largest absolute Gasteiger partial charge is 0.359 e. The lowest BCUT2D eigenvalue weighted by atomic mass is 9.99. The molecule has 0 saturated carbocycles. The van der Waals surface area contributed by atoms with Gasteiger partial charge in [-0.05, 0) is 37.5 Å². The van der Waals surface area contributed by atoms with E-state index in [1.54, 1.807) is 26.1 Å². The highest BCUT2D eigenvalue weighted by atomic mass is 19.1. The minimum atomic E-state index is -0.389. The average molecular weight is 404 g/mol. The number of carbonyl (C=O) groups is 1. The molecule has 0 radical (unpaired) electrons. The molecule has 1 aromatic heterocycles. The van der Waals surface area contributed by atoms with E-state index < -0.39 is 0 Å². The first-order chi connectivity index (χ1) is 14.0. The van der Waals surface area contributed by atoms with Gasteiger partial charge in [0.25, 0.3) is 5.91 Å². The Balaban J connectivity index is 1.73. The molecule has 0 aliphatic carbocycles. The van der Waals surface area contributed by atoms with Crippen molar-refractivity contribution in [2.75, 3.05) is 20.1 Å². The monoisotopic (exact) mass is 403 g/mol. The summed E-state index contributed by atoms with van der Waals surface area (Å²) in [5.41, 5.74) is 1.79. The van der Waals surface area contributed by atoms with Crippen molar-refractivity contribution in [3.05, 3.63) is 52.7 Å². The highest BCUT2D eigenvalue weighted by molar-refractivity contribution is 5.94. The maximum atomic E-state index is 13.6.